The van der Waals surface area contributed by atoms with E-state index >= 15 is 0 Å². The number of aliphatic carboxylic acids is 1. The van der Waals surface area contributed by atoms with Crippen molar-refractivity contribution in [3.63, 3.8) is 0 Å². The normalized spacial score (nSPS) is 17.9. The molecule has 0 radical (unpaired) electrons. The summed E-state index contributed by atoms with van der Waals surface area (Å²) in [6, 6.07) is 6.65. The Morgan fingerprint density at radius 2 is 2.00 bits per heavy atom. The first-order valence-corrected chi connectivity index (χ1v) is 12.4. The maximum Gasteiger partial charge on any atom is 0.303 e. The lowest BCUT2D eigenvalue weighted by atomic mass is 9.91. The van der Waals surface area contributed by atoms with Gasteiger partial charge in [-0.05, 0) is 36.5 Å². The maximum atomic E-state index is 14.5. The highest BCUT2D eigenvalue weighted by molar-refractivity contribution is 5.68. The Morgan fingerprint density at radius 3 is 2.62 bits per heavy atom. The summed E-state index contributed by atoms with van der Waals surface area (Å²) in [5.41, 5.74) is 9.57. The van der Waals surface area contributed by atoms with Crippen molar-refractivity contribution >= 4 is 17.4 Å². The van der Waals surface area contributed by atoms with Gasteiger partial charge in [-0.3, -0.25) is 9.59 Å². The predicted molar refractivity (Wildman–Crippen MR) is 139 cm³/mol. The highest BCUT2D eigenvalue weighted by atomic mass is 19.3. The minimum absolute atomic E-state index is 0.134. The van der Waals surface area contributed by atoms with Crippen molar-refractivity contribution in [3.8, 4) is 0 Å². The second-order valence-corrected chi connectivity index (χ2v) is 9.65. The summed E-state index contributed by atoms with van der Waals surface area (Å²) in [4.78, 5) is 29.8. The summed E-state index contributed by atoms with van der Waals surface area (Å²) in [7, 11) is 1.62. The third-order valence-electron chi connectivity index (χ3n) is 6.49. The number of piperidine rings is 1. The molecule has 5 N–H and O–H groups in total. The van der Waals surface area contributed by atoms with E-state index in [1.54, 1.807) is 36.0 Å². The molecule has 11 heteroatoms. The Labute approximate surface area is 215 Å². The average molecular weight is 519 g/mol. The first-order chi connectivity index (χ1) is 17.4. The fourth-order valence-corrected chi connectivity index (χ4v) is 4.80. The number of aryl methyl sites for hydroxylation is 2. The molecule has 0 aromatic carbocycles. The van der Waals surface area contributed by atoms with Gasteiger partial charge >= 0.3 is 5.97 Å². The molecule has 1 saturated heterocycles. The summed E-state index contributed by atoms with van der Waals surface area (Å²) in [5, 5.41) is 10.5. The fourth-order valence-electron chi connectivity index (χ4n) is 4.80. The number of pyridine rings is 2. The molecule has 0 amide bonds. The molecule has 202 valence electrons. The number of nitrogens with zero attached hydrogens (tertiary/aromatic N) is 4. The second-order valence-electron chi connectivity index (χ2n) is 9.65. The van der Waals surface area contributed by atoms with E-state index in [9.17, 15) is 18.4 Å². The van der Waals surface area contributed by atoms with Gasteiger partial charge in [0.1, 0.15) is 0 Å². The van der Waals surface area contributed by atoms with E-state index in [2.05, 4.69) is 11.9 Å². The number of rotatable bonds is 10. The highest BCUT2D eigenvalue weighted by Crippen LogP contribution is 2.36. The molecule has 3 rings (SSSR count). The van der Waals surface area contributed by atoms with Crippen LogP contribution in [0.1, 0.15) is 50.1 Å². The van der Waals surface area contributed by atoms with E-state index < -0.39 is 30.8 Å². The number of alkyl halides is 2. The SMILES string of the molecule is CCCc1ccc(=O)n(C/C(=C(/N)c2ccc(N3CC(CC(=O)O)CC(F)(F)C3)c(CC)n2)N(C)N)c1. The minimum Gasteiger partial charge on any atom is -0.481 e. The molecular weight excluding hydrogens is 482 g/mol. The second kappa shape index (κ2) is 11.7. The van der Waals surface area contributed by atoms with Gasteiger partial charge in [-0.15, -0.1) is 0 Å². The zero-order valence-corrected chi connectivity index (χ0v) is 21.6. The predicted octanol–water partition coefficient (Wildman–Crippen LogP) is 2.83. The quantitative estimate of drug-likeness (QED) is 0.323. The van der Waals surface area contributed by atoms with Crippen molar-refractivity contribution < 1.29 is 18.7 Å². The monoisotopic (exact) mass is 518 g/mol. The Balaban J connectivity index is 1.96. The molecule has 1 fully saturated rings. The molecular formula is C26H36F2N6O3. The summed E-state index contributed by atoms with van der Waals surface area (Å²) in [6.07, 6.45) is 3.24. The molecule has 1 aliphatic heterocycles. The Bertz CT molecular complexity index is 1210. The van der Waals surface area contributed by atoms with E-state index in [0.717, 1.165) is 18.4 Å². The number of carboxylic acid groups (broad SMARTS) is 1. The molecule has 3 heterocycles. The summed E-state index contributed by atoms with van der Waals surface area (Å²) >= 11 is 0. The number of nitrogens with two attached hydrogens (primary N) is 2. The van der Waals surface area contributed by atoms with Crippen LogP contribution in [0.3, 0.4) is 0 Å². The van der Waals surface area contributed by atoms with Gasteiger partial charge in [0.2, 0.25) is 0 Å². The number of hydrogen-bond donors (Lipinski definition) is 3. The summed E-state index contributed by atoms with van der Waals surface area (Å²) < 4.78 is 30.5. The Hall–Kier alpha value is -3.47. The average Bonchev–Trinajstić information content (AvgIpc) is 2.82. The molecule has 1 aliphatic rings. The number of likely N-dealkylation sites (N-methyl/N-ethyl adjacent to an activating group) is 1. The van der Waals surface area contributed by atoms with Crippen molar-refractivity contribution in [1.29, 1.82) is 0 Å². The molecule has 1 atom stereocenters. The number of aromatic nitrogens is 2. The number of halogens is 2. The van der Waals surface area contributed by atoms with Crippen molar-refractivity contribution in [2.45, 2.75) is 58.4 Å². The third-order valence-corrected chi connectivity index (χ3v) is 6.49. The molecule has 9 nitrogen and oxygen atoms in total. The Morgan fingerprint density at radius 1 is 1.27 bits per heavy atom. The van der Waals surface area contributed by atoms with Gasteiger partial charge in [-0.1, -0.05) is 26.3 Å². The van der Waals surface area contributed by atoms with Crippen LogP contribution in [0.15, 0.2) is 41.0 Å². The zero-order valence-electron chi connectivity index (χ0n) is 21.6. The van der Waals surface area contributed by atoms with Crippen LogP contribution in [0, 0.1) is 5.92 Å². The van der Waals surface area contributed by atoms with Crippen molar-refractivity contribution in [3.05, 3.63) is 63.5 Å². The van der Waals surface area contributed by atoms with Gasteiger partial charge in [0.15, 0.2) is 0 Å². The standard InChI is InChI=1S/C26H36F2N6O3/c1-4-6-17-7-10-23(35)33(13-17)15-22(32(3)30)25(29)20-8-9-21(19(5-2)31-20)34-14-18(11-24(36)37)12-26(27,28)16-34/h7-10,13,18H,4-6,11-12,14-16,29-30H2,1-3H3,(H,36,37)/b25-22-. The molecule has 2 aromatic heterocycles. The van der Waals surface area contributed by atoms with Crippen LogP contribution < -0.4 is 22.0 Å². The first-order valence-electron chi connectivity index (χ1n) is 12.4. The maximum absolute atomic E-state index is 14.5. The van der Waals surface area contributed by atoms with Crippen molar-refractivity contribution in [2.75, 3.05) is 25.0 Å². The lowest BCUT2D eigenvalue weighted by Crippen LogP contribution is -2.48. The van der Waals surface area contributed by atoms with Gasteiger partial charge < -0.3 is 25.3 Å². The number of carboxylic acids is 1. The Kier molecular flexibility index (Phi) is 8.90. The van der Waals surface area contributed by atoms with E-state index in [-0.39, 0.29) is 30.8 Å². The molecule has 0 spiro atoms. The van der Waals surface area contributed by atoms with E-state index in [0.29, 0.717) is 29.2 Å². The number of anilines is 1. The zero-order chi connectivity index (χ0) is 27.3. The fraction of sp³-hybridized carbons (Fsp3) is 0.500. The number of hydrogen-bond acceptors (Lipinski definition) is 7. The molecule has 1 unspecified atom stereocenters. The number of allylic oxidation sites excluding steroid dienone is 1. The summed E-state index contributed by atoms with van der Waals surface area (Å²) in [5.74, 6) is 1.31. The molecule has 0 aliphatic carbocycles. The molecule has 0 saturated carbocycles. The third kappa shape index (κ3) is 7.06. The van der Waals surface area contributed by atoms with Crippen LogP contribution in [-0.4, -0.2) is 51.7 Å². The number of carbonyl (C=O) groups is 1. The largest absolute Gasteiger partial charge is 0.481 e. The lowest BCUT2D eigenvalue weighted by Gasteiger charge is -2.39. The topological polar surface area (TPSA) is 131 Å². The van der Waals surface area contributed by atoms with Crippen molar-refractivity contribution in [2.24, 2.45) is 17.5 Å². The van der Waals surface area contributed by atoms with Crippen LogP contribution in [0.5, 0.6) is 0 Å². The van der Waals surface area contributed by atoms with E-state index in [1.807, 2.05) is 6.92 Å². The van der Waals surface area contributed by atoms with Crippen LogP contribution in [0.25, 0.3) is 5.70 Å². The van der Waals surface area contributed by atoms with Gasteiger partial charge in [-0.2, -0.15) is 0 Å². The first kappa shape index (κ1) is 28.1. The lowest BCUT2D eigenvalue weighted by molar-refractivity contribution is -0.139. The summed E-state index contributed by atoms with van der Waals surface area (Å²) in [6.45, 7) is 3.76. The molecule has 0 bridgehead atoms. The smallest absolute Gasteiger partial charge is 0.303 e. The number of hydrazine groups is 1. The molecule has 2 aromatic rings. The van der Waals surface area contributed by atoms with E-state index in [1.165, 1.54) is 16.0 Å². The minimum atomic E-state index is -3.00. The van der Waals surface area contributed by atoms with Gasteiger partial charge in [0.25, 0.3) is 11.5 Å². The van der Waals surface area contributed by atoms with Gasteiger partial charge in [0.05, 0.1) is 48.0 Å². The molecule has 37 heavy (non-hydrogen) atoms. The van der Waals surface area contributed by atoms with Crippen LogP contribution in [0.4, 0.5) is 14.5 Å². The van der Waals surface area contributed by atoms with Crippen molar-refractivity contribution in [1.82, 2.24) is 14.6 Å². The highest BCUT2D eigenvalue weighted by Gasteiger charge is 2.41. The van der Waals surface area contributed by atoms with Gasteiger partial charge in [0, 0.05) is 32.3 Å². The van der Waals surface area contributed by atoms with Crippen LogP contribution >= 0.6 is 0 Å². The van der Waals surface area contributed by atoms with Crippen LogP contribution in [0.2, 0.25) is 0 Å². The van der Waals surface area contributed by atoms with Crippen LogP contribution in [-0.2, 0) is 24.2 Å². The van der Waals surface area contributed by atoms with E-state index in [4.69, 9.17) is 16.7 Å². The van der Waals surface area contributed by atoms with Gasteiger partial charge in [-0.25, -0.2) is 19.6 Å².